The Labute approximate surface area is 197 Å². The summed E-state index contributed by atoms with van der Waals surface area (Å²) in [6, 6.07) is 1.98. The zero-order valence-electron chi connectivity index (χ0n) is 19.7. The molecule has 3 aromatic heterocycles. The Balaban J connectivity index is 1.39. The normalized spacial score (nSPS) is 19.1. The SMILES string of the molecule is CC1(C)CCN(c2ccn3ncc(C(=O)Nc4cn(C5CCCCC5)nc4C(F)F)c3n2)CC1. The fourth-order valence-corrected chi connectivity index (χ4v) is 4.92. The lowest BCUT2D eigenvalue weighted by molar-refractivity contribution is 0.102. The van der Waals surface area contributed by atoms with E-state index in [4.69, 9.17) is 4.98 Å². The van der Waals surface area contributed by atoms with Crippen LogP contribution < -0.4 is 10.2 Å². The molecule has 0 radical (unpaired) electrons. The number of piperidine rings is 1. The predicted molar refractivity (Wildman–Crippen MR) is 125 cm³/mol. The van der Waals surface area contributed by atoms with Crippen LogP contribution >= 0.6 is 0 Å². The molecule has 3 aromatic rings. The van der Waals surface area contributed by atoms with E-state index < -0.39 is 18.0 Å². The molecule has 10 heteroatoms. The van der Waals surface area contributed by atoms with Crippen LogP contribution in [0.25, 0.3) is 5.65 Å². The molecule has 0 spiro atoms. The van der Waals surface area contributed by atoms with E-state index in [9.17, 15) is 13.6 Å². The van der Waals surface area contributed by atoms with Gasteiger partial charge in [0.15, 0.2) is 11.3 Å². The van der Waals surface area contributed by atoms with Crippen LogP contribution in [0.4, 0.5) is 20.3 Å². The van der Waals surface area contributed by atoms with Crippen molar-refractivity contribution in [2.45, 2.75) is 71.3 Å². The van der Waals surface area contributed by atoms with Gasteiger partial charge in [-0.25, -0.2) is 18.3 Å². The molecule has 1 aliphatic carbocycles. The highest BCUT2D eigenvalue weighted by atomic mass is 19.3. The van der Waals surface area contributed by atoms with Crippen LogP contribution in [-0.4, -0.2) is 43.4 Å². The Morgan fingerprint density at radius 2 is 1.91 bits per heavy atom. The maximum atomic E-state index is 13.7. The first-order chi connectivity index (χ1) is 16.3. The minimum atomic E-state index is -2.78. The Morgan fingerprint density at radius 1 is 1.18 bits per heavy atom. The molecular weight excluding hydrogens is 440 g/mol. The minimum Gasteiger partial charge on any atom is -0.356 e. The van der Waals surface area contributed by atoms with Gasteiger partial charge in [-0.2, -0.15) is 10.2 Å². The number of carbonyl (C=O) groups is 1. The summed E-state index contributed by atoms with van der Waals surface area (Å²) >= 11 is 0. The summed E-state index contributed by atoms with van der Waals surface area (Å²) in [6.07, 6.45) is 9.17. The standard InChI is InChI=1S/C24H31F2N7O/c1-24(2)9-12-31(13-10-24)19-8-11-32-22(29-19)17(14-27-32)23(34)28-18-15-33(30-20(18)21(25)26)16-6-4-3-5-7-16/h8,11,14-16,21H,3-7,9-10,12-13H2,1-2H3,(H,28,34). The first kappa shape index (κ1) is 22.7. The van der Waals surface area contributed by atoms with Crippen molar-refractivity contribution in [1.82, 2.24) is 24.4 Å². The monoisotopic (exact) mass is 471 g/mol. The van der Waals surface area contributed by atoms with E-state index in [0.717, 1.165) is 63.9 Å². The topological polar surface area (TPSA) is 80.4 Å². The molecule has 182 valence electrons. The van der Waals surface area contributed by atoms with E-state index in [1.54, 1.807) is 10.9 Å². The molecule has 0 bridgehead atoms. The molecule has 1 N–H and O–H groups in total. The van der Waals surface area contributed by atoms with Crippen molar-refractivity contribution in [3.8, 4) is 0 Å². The fourth-order valence-electron chi connectivity index (χ4n) is 4.92. The molecule has 1 aliphatic heterocycles. The van der Waals surface area contributed by atoms with Gasteiger partial charge < -0.3 is 10.2 Å². The van der Waals surface area contributed by atoms with Gasteiger partial charge in [0.2, 0.25) is 0 Å². The van der Waals surface area contributed by atoms with Gasteiger partial charge in [-0.15, -0.1) is 0 Å². The van der Waals surface area contributed by atoms with Crippen molar-refractivity contribution >= 4 is 23.1 Å². The van der Waals surface area contributed by atoms with Gasteiger partial charge in [0.25, 0.3) is 12.3 Å². The summed E-state index contributed by atoms with van der Waals surface area (Å²) in [5, 5.41) is 11.0. The van der Waals surface area contributed by atoms with Crippen LogP contribution in [0, 0.1) is 5.41 Å². The van der Waals surface area contributed by atoms with Crippen LogP contribution in [0.1, 0.15) is 87.3 Å². The smallest absolute Gasteiger partial charge is 0.284 e. The molecule has 2 aliphatic rings. The molecule has 1 amide bonds. The molecule has 5 rings (SSSR count). The molecule has 0 aromatic carbocycles. The predicted octanol–water partition coefficient (Wildman–Crippen LogP) is 5.25. The molecular formula is C24H31F2N7O. The third kappa shape index (κ3) is 4.50. The van der Waals surface area contributed by atoms with Gasteiger partial charge in [0.05, 0.1) is 17.9 Å². The molecule has 0 unspecified atom stereocenters. The van der Waals surface area contributed by atoms with Gasteiger partial charge in [0, 0.05) is 25.5 Å². The molecule has 0 atom stereocenters. The molecule has 8 nitrogen and oxygen atoms in total. The van der Waals surface area contributed by atoms with Gasteiger partial charge in [-0.1, -0.05) is 33.1 Å². The molecule has 2 fully saturated rings. The Hall–Kier alpha value is -3.04. The summed E-state index contributed by atoms with van der Waals surface area (Å²) in [5.41, 5.74) is 0.592. The zero-order chi connectivity index (χ0) is 23.9. The summed E-state index contributed by atoms with van der Waals surface area (Å²) in [5.74, 6) is 0.264. The van der Waals surface area contributed by atoms with Crippen molar-refractivity contribution in [3.63, 3.8) is 0 Å². The zero-order valence-corrected chi connectivity index (χ0v) is 19.7. The lowest BCUT2D eigenvalue weighted by Gasteiger charge is -2.37. The first-order valence-corrected chi connectivity index (χ1v) is 12.1. The molecule has 4 heterocycles. The van der Waals surface area contributed by atoms with E-state index in [1.807, 2.05) is 6.07 Å². The number of amides is 1. The largest absolute Gasteiger partial charge is 0.356 e. The molecule has 1 saturated heterocycles. The lowest BCUT2D eigenvalue weighted by Crippen LogP contribution is -2.37. The van der Waals surface area contributed by atoms with Crippen molar-refractivity contribution in [2.24, 2.45) is 5.41 Å². The highest BCUT2D eigenvalue weighted by molar-refractivity contribution is 6.08. The summed E-state index contributed by atoms with van der Waals surface area (Å²) < 4.78 is 30.5. The van der Waals surface area contributed by atoms with Crippen molar-refractivity contribution in [2.75, 3.05) is 23.3 Å². The van der Waals surface area contributed by atoms with Crippen molar-refractivity contribution in [3.05, 3.63) is 35.9 Å². The average Bonchev–Trinajstić information content (AvgIpc) is 3.44. The van der Waals surface area contributed by atoms with E-state index in [2.05, 4.69) is 34.3 Å². The fraction of sp³-hybridized carbons (Fsp3) is 0.583. The van der Waals surface area contributed by atoms with Gasteiger partial charge in [0.1, 0.15) is 11.4 Å². The molecule has 1 saturated carbocycles. The Morgan fingerprint density at radius 3 is 2.62 bits per heavy atom. The maximum absolute atomic E-state index is 13.7. The van der Waals surface area contributed by atoms with Gasteiger partial charge in [-0.3, -0.25) is 9.48 Å². The number of anilines is 2. The van der Waals surface area contributed by atoms with E-state index in [0.29, 0.717) is 11.1 Å². The number of aromatic nitrogens is 5. The number of hydrogen-bond acceptors (Lipinski definition) is 5. The van der Waals surface area contributed by atoms with E-state index in [1.165, 1.54) is 16.9 Å². The van der Waals surface area contributed by atoms with Crippen LogP contribution in [0.3, 0.4) is 0 Å². The van der Waals surface area contributed by atoms with Crippen LogP contribution in [-0.2, 0) is 0 Å². The maximum Gasteiger partial charge on any atom is 0.284 e. The number of rotatable bonds is 5. The van der Waals surface area contributed by atoms with Gasteiger partial charge >= 0.3 is 0 Å². The number of fused-ring (bicyclic) bond motifs is 1. The van der Waals surface area contributed by atoms with Crippen LogP contribution in [0.15, 0.2) is 24.7 Å². The third-order valence-electron chi connectivity index (χ3n) is 7.20. The third-order valence-corrected chi connectivity index (χ3v) is 7.20. The van der Waals surface area contributed by atoms with E-state index in [-0.39, 0.29) is 17.3 Å². The quantitative estimate of drug-likeness (QED) is 0.550. The summed E-state index contributed by atoms with van der Waals surface area (Å²) in [7, 11) is 0. The van der Waals surface area contributed by atoms with Crippen molar-refractivity contribution in [1.29, 1.82) is 0 Å². The van der Waals surface area contributed by atoms with Gasteiger partial charge in [-0.05, 0) is 37.2 Å². The lowest BCUT2D eigenvalue weighted by atomic mass is 9.83. The number of hydrogen-bond donors (Lipinski definition) is 1. The number of halogens is 2. The van der Waals surface area contributed by atoms with E-state index >= 15 is 0 Å². The minimum absolute atomic E-state index is 0.0411. The highest BCUT2D eigenvalue weighted by Gasteiger charge is 2.28. The van der Waals surface area contributed by atoms with Crippen LogP contribution in [0.2, 0.25) is 0 Å². The number of nitrogens with one attached hydrogen (secondary N) is 1. The van der Waals surface area contributed by atoms with Crippen molar-refractivity contribution < 1.29 is 13.6 Å². The second-order valence-electron chi connectivity index (χ2n) is 10.2. The molecule has 34 heavy (non-hydrogen) atoms. The second-order valence-corrected chi connectivity index (χ2v) is 10.2. The average molecular weight is 472 g/mol. The number of alkyl halides is 2. The first-order valence-electron chi connectivity index (χ1n) is 12.1. The number of nitrogens with zero attached hydrogens (tertiary/aromatic N) is 6. The Bertz CT molecular complexity index is 1170. The number of carbonyl (C=O) groups excluding carboxylic acids is 1. The Kier molecular flexibility index (Phi) is 5.99. The second kappa shape index (κ2) is 8.96. The summed E-state index contributed by atoms with van der Waals surface area (Å²) in [4.78, 5) is 20.0. The summed E-state index contributed by atoms with van der Waals surface area (Å²) in [6.45, 7) is 6.32. The van der Waals surface area contributed by atoms with Crippen LogP contribution in [0.5, 0.6) is 0 Å². The highest BCUT2D eigenvalue weighted by Crippen LogP contribution is 2.33.